The lowest BCUT2D eigenvalue weighted by atomic mass is 9.96. The zero-order valence-electron chi connectivity index (χ0n) is 11.0. The van der Waals surface area contributed by atoms with Crippen LogP contribution in [0.5, 0.6) is 0 Å². The van der Waals surface area contributed by atoms with E-state index in [1.807, 2.05) is 6.92 Å². The highest BCUT2D eigenvalue weighted by molar-refractivity contribution is 4.92. The van der Waals surface area contributed by atoms with Gasteiger partial charge in [0.25, 0.3) is 0 Å². The Morgan fingerprint density at radius 1 is 1.59 bits per heavy atom. The molecule has 0 radical (unpaired) electrons. The van der Waals surface area contributed by atoms with Crippen molar-refractivity contribution in [2.24, 2.45) is 0 Å². The molecule has 4 heteroatoms. The van der Waals surface area contributed by atoms with E-state index in [1.165, 1.54) is 12.8 Å². The van der Waals surface area contributed by atoms with Gasteiger partial charge >= 0.3 is 0 Å². The molecule has 0 aromatic heterocycles. The van der Waals surface area contributed by atoms with Crippen LogP contribution >= 0.6 is 0 Å². The SMILES string of the molecule is CC(CC1CCCN1)NCC1(O)CCOC1C. The van der Waals surface area contributed by atoms with Crippen LogP contribution in [0.4, 0.5) is 0 Å². The molecule has 0 aliphatic carbocycles. The number of ether oxygens (including phenoxy) is 1. The van der Waals surface area contributed by atoms with Gasteiger partial charge < -0.3 is 20.5 Å². The molecule has 2 saturated heterocycles. The first-order valence-corrected chi connectivity index (χ1v) is 6.91. The fourth-order valence-corrected chi connectivity index (χ4v) is 2.82. The molecule has 2 aliphatic rings. The van der Waals surface area contributed by atoms with Crippen LogP contribution in [0.2, 0.25) is 0 Å². The smallest absolute Gasteiger partial charge is 0.105 e. The summed E-state index contributed by atoms with van der Waals surface area (Å²) in [5, 5.41) is 17.3. The first kappa shape index (κ1) is 13.3. The van der Waals surface area contributed by atoms with Crippen LogP contribution in [-0.4, -0.2) is 48.6 Å². The predicted molar refractivity (Wildman–Crippen MR) is 68.1 cm³/mol. The summed E-state index contributed by atoms with van der Waals surface area (Å²) in [6.45, 7) is 6.63. The van der Waals surface area contributed by atoms with Crippen LogP contribution in [0.1, 0.15) is 39.5 Å². The summed E-state index contributed by atoms with van der Waals surface area (Å²) in [5.41, 5.74) is -0.669. The molecule has 2 heterocycles. The molecule has 0 spiro atoms. The maximum absolute atomic E-state index is 10.4. The molecule has 0 bridgehead atoms. The van der Waals surface area contributed by atoms with Crippen molar-refractivity contribution in [3.63, 3.8) is 0 Å². The van der Waals surface area contributed by atoms with Crippen molar-refractivity contribution < 1.29 is 9.84 Å². The molecule has 3 N–H and O–H groups in total. The molecule has 0 saturated carbocycles. The van der Waals surface area contributed by atoms with Crippen LogP contribution in [0.25, 0.3) is 0 Å². The number of rotatable bonds is 5. The minimum atomic E-state index is -0.669. The van der Waals surface area contributed by atoms with Crippen LogP contribution in [0, 0.1) is 0 Å². The summed E-state index contributed by atoms with van der Waals surface area (Å²) in [4.78, 5) is 0. The Labute approximate surface area is 104 Å². The molecule has 0 amide bonds. The lowest BCUT2D eigenvalue weighted by molar-refractivity contribution is -0.0276. The number of hydrogen-bond acceptors (Lipinski definition) is 4. The molecule has 100 valence electrons. The van der Waals surface area contributed by atoms with Crippen molar-refractivity contribution in [1.29, 1.82) is 0 Å². The van der Waals surface area contributed by atoms with E-state index in [0.717, 1.165) is 19.4 Å². The maximum Gasteiger partial charge on any atom is 0.105 e. The highest BCUT2D eigenvalue weighted by atomic mass is 16.5. The molecule has 2 fully saturated rings. The van der Waals surface area contributed by atoms with Gasteiger partial charge in [-0.15, -0.1) is 0 Å². The quantitative estimate of drug-likeness (QED) is 0.662. The summed E-state index contributed by atoms with van der Waals surface area (Å²) in [7, 11) is 0. The third kappa shape index (κ3) is 3.41. The fraction of sp³-hybridized carbons (Fsp3) is 1.00. The van der Waals surface area contributed by atoms with Gasteiger partial charge in [0.05, 0.1) is 6.10 Å². The zero-order chi connectivity index (χ0) is 12.3. The van der Waals surface area contributed by atoms with Gasteiger partial charge in [0.1, 0.15) is 5.60 Å². The van der Waals surface area contributed by atoms with Crippen molar-refractivity contribution in [1.82, 2.24) is 10.6 Å². The Hall–Kier alpha value is -0.160. The average Bonchev–Trinajstić information content (AvgIpc) is 2.89. The Kier molecular flexibility index (Phi) is 4.42. The lowest BCUT2D eigenvalue weighted by Crippen LogP contribution is -2.48. The van der Waals surface area contributed by atoms with Crippen molar-refractivity contribution in [2.75, 3.05) is 19.7 Å². The molecular formula is C13H26N2O2. The lowest BCUT2D eigenvalue weighted by Gasteiger charge is -2.29. The second-order valence-electron chi connectivity index (χ2n) is 5.68. The van der Waals surface area contributed by atoms with E-state index < -0.39 is 5.60 Å². The zero-order valence-corrected chi connectivity index (χ0v) is 11.0. The molecule has 4 unspecified atom stereocenters. The van der Waals surface area contributed by atoms with Crippen LogP contribution in [0.15, 0.2) is 0 Å². The van der Waals surface area contributed by atoms with Crippen molar-refractivity contribution in [2.45, 2.75) is 63.3 Å². The minimum absolute atomic E-state index is 0.0493. The second kappa shape index (κ2) is 5.65. The van der Waals surface area contributed by atoms with Crippen molar-refractivity contribution in [3.8, 4) is 0 Å². The normalized spacial score (nSPS) is 39.7. The highest BCUT2D eigenvalue weighted by Crippen LogP contribution is 2.25. The van der Waals surface area contributed by atoms with Crippen LogP contribution in [-0.2, 0) is 4.74 Å². The van der Waals surface area contributed by atoms with Gasteiger partial charge in [-0.2, -0.15) is 0 Å². The van der Waals surface area contributed by atoms with Gasteiger partial charge in [-0.05, 0) is 39.7 Å². The van der Waals surface area contributed by atoms with E-state index in [2.05, 4.69) is 17.6 Å². The largest absolute Gasteiger partial charge is 0.386 e. The maximum atomic E-state index is 10.4. The first-order valence-electron chi connectivity index (χ1n) is 6.91. The predicted octanol–water partition coefficient (Wildman–Crippen LogP) is 0.646. The number of hydrogen-bond donors (Lipinski definition) is 3. The highest BCUT2D eigenvalue weighted by Gasteiger charge is 2.39. The molecule has 2 rings (SSSR count). The van der Waals surface area contributed by atoms with E-state index in [9.17, 15) is 5.11 Å². The Morgan fingerprint density at radius 3 is 3.00 bits per heavy atom. The number of nitrogens with one attached hydrogen (secondary N) is 2. The van der Waals surface area contributed by atoms with Crippen LogP contribution < -0.4 is 10.6 Å². The molecule has 2 aliphatic heterocycles. The first-order chi connectivity index (χ1) is 8.10. The number of aliphatic hydroxyl groups is 1. The Balaban J connectivity index is 1.69. The second-order valence-corrected chi connectivity index (χ2v) is 5.68. The Bertz CT molecular complexity index is 244. The summed E-state index contributed by atoms with van der Waals surface area (Å²) in [6, 6.07) is 1.10. The van der Waals surface area contributed by atoms with E-state index in [4.69, 9.17) is 4.74 Å². The molecule has 4 atom stereocenters. The van der Waals surface area contributed by atoms with Gasteiger partial charge in [-0.25, -0.2) is 0 Å². The summed E-state index contributed by atoms with van der Waals surface area (Å²) < 4.78 is 5.43. The summed E-state index contributed by atoms with van der Waals surface area (Å²) >= 11 is 0. The standard InChI is InChI=1S/C13H26N2O2/c1-10(8-12-4-3-6-14-12)15-9-13(16)5-7-17-11(13)2/h10-12,14-16H,3-9H2,1-2H3. The van der Waals surface area contributed by atoms with E-state index >= 15 is 0 Å². The summed E-state index contributed by atoms with van der Waals surface area (Å²) in [6.07, 6.45) is 4.43. The topological polar surface area (TPSA) is 53.5 Å². The molecule has 4 nitrogen and oxygen atoms in total. The summed E-state index contributed by atoms with van der Waals surface area (Å²) in [5.74, 6) is 0. The molecule has 0 aromatic rings. The minimum Gasteiger partial charge on any atom is -0.386 e. The third-order valence-electron chi connectivity index (χ3n) is 4.22. The van der Waals surface area contributed by atoms with Crippen molar-refractivity contribution >= 4 is 0 Å². The van der Waals surface area contributed by atoms with E-state index in [-0.39, 0.29) is 6.10 Å². The fourth-order valence-electron chi connectivity index (χ4n) is 2.82. The van der Waals surface area contributed by atoms with Gasteiger partial charge in [0.15, 0.2) is 0 Å². The van der Waals surface area contributed by atoms with E-state index in [0.29, 0.717) is 25.2 Å². The monoisotopic (exact) mass is 242 g/mol. The van der Waals surface area contributed by atoms with Gasteiger partial charge in [0, 0.05) is 31.7 Å². The molecule has 17 heavy (non-hydrogen) atoms. The van der Waals surface area contributed by atoms with Gasteiger partial charge in [0.2, 0.25) is 0 Å². The Morgan fingerprint density at radius 2 is 2.41 bits per heavy atom. The van der Waals surface area contributed by atoms with Crippen LogP contribution in [0.3, 0.4) is 0 Å². The van der Waals surface area contributed by atoms with E-state index in [1.54, 1.807) is 0 Å². The molecular weight excluding hydrogens is 216 g/mol. The van der Waals surface area contributed by atoms with Gasteiger partial charge in [-0.1, -0.05) is 0 Å². The average molecular weight is 242 g/mol. The third-order valence-corrected chi connectivity index (χ3v) is 4.22. The van der Waals surface area contributed by atoms with Gasteiger partial charge in [-0.3, -0.25) is 0 Å². The van der Waals surface area contributed by atoms with Crippen molar-refractivity contribution in [3.05, 3.63) is 0 Å². The molecule has 0 aromatic carbocycles.